The van der Waals surface area contributed by atoms with Gasteiger partial charge in [0.25, 0.3) is 0 Å². The number of nitrogens with two attached hydrogens (primary N) is 2. The summed E-state index contributed by atoms with van der Waals surface area (Å²) in [6, 6.07) is 17.4. The largest absolute Gasteiger partial charge is 0.453 e. The summed E-state index contributed by atoms with van der Waals surface area (Å²) >= 11 is 6.21. The van der Waals surface area contributed by atoms with Crippen molar-refractivity contribution in [1.82, 2.24) is 15.3 Å². The van der Waals surface area contributed by atoms with Crippen LogP contribution in [0.1, 0.15) is 35.0 Å². The van der Waals surface area contributed by atoms with Gasteiger partial charge in [-0.3, -0.25) is 19.9 Å². The molecule has 1 atom stereocenters. The Hall–Kier alpha value is -5.66. The number of aromatic nitrogens is 2. The number of amides is 3. The lowest BCUT2D eigenvalue weighted by Gasteiger charge is -2.18. The van der Waals surface area contributed by atoms with E-state index in [-0.39, 0.29) is 18.2 Å². The van der Waals surface area contributed by atoms with Gasteiger partial charge in [0.2, 0.25) is 11.8 Å². The zero-order valence-electron chi connectivity index (χ0n) is 24.8. The van der Waals surface area contributed by atoms with E-state index in [1.54, 1.807) is 48.7 Å². The molecule has 0 unspecified atom stereocenters. The molecule has 0 aliphatic carbocycles. The number of hydrazone groups is 1. The number of carbonyl (C=O) groups is 3. The van der Waals surface area contributed by atoms with Gasteiger partial charge in [0.1, 0.15) is 12.2 Å². The number of imidazole rings is 1. The van der Waals surface area contributed by atoms with Crippen LogP contribution >= 0.6 is 11.6 Å². The maximum absolute atomic E-state index is 13.3. The van der Waals surface area contributed by atoms with Gasteiger partial charge in [-0.2, -0.15) is 5.10 Å². The number of hydrazine groups is 1. The molecule has 0 fully saturated rings. The Morgan fingerprint density at radius 2 is 1.96 bits per heavy atom. The minimum Gasteiger partial charge on any atom is -0.453 e. The summed E-state index contributed by atoms with van der Waals surface area (Å²) in [7, 11) is 1.27. The number of aryl methyl sites for hydroxylation is 1. The first kappa shape index (κ1) is 31.8. The van der Waals surface area contributed by atoms with Crippen LogP contribution in [-0.4, -0.2) is 41.3 Å². The highest BCUT2D eigenvalue weighted by molar-refractivity contribution is 6.30. The average Bonchev–Trinajstić information content (AvgIpc) is 3.53. The molecule has 0 saturated heterocycles. The van der Waals surface area contributed by atoms with Gasteiger partial charge < -0.3 is 26.2 Å². The van der Waals surface area contributed by atoms with Crippen molar-refractivity contribution in [3.8, 4) is 11.3 Å². The quantitative estimate of drug-likeness (QED) is 0.0583. The zero-order chi connectivity index (χ0) is 32.6. The Balaban J connectivity index is 1.48. The number of hydrogen-bond acceptors (Lipinski definition) is 8. The minimum absolute atomic E-state index is 0.192. The van der Waals surface area contributed by atoms with Gasteiger partial charge in [0.15, 0.2) is 0 Å². The van der Waals surface area contributed by atoms with E-state index >= 15 is 0 Å². The third kappa shape index (κ3) is 7.88. The van der Waals surface area contributed by atoms with E-state index in [2.05, 4.69) is 26.0 Å². The Kier molecular flexibility index (Phi) is 9.95. The first-order chi connectivity index (χ1) is 22.2. The molecular formula is C32H32ClN9O4. The summed E-state index contributed by atoms with van der Waals surface area (Å²) in [6.45, 7) is 0. The molecule has 46 heavy (non-hydrogen) atoms. The molecule has 14 heteroatoms. The van der Waals surface area contributed by atoms with Crippen LogP contribution < -0.4 is 32.6 Å². The molecular weight excluding hydrogens is 610 g/mol. The fourth-order valence-electron chi connectivity index (χ4n) is 5.02. The van der Waals surface area contributed by atoms with Gasteiger partial charge in [0, 0.05) is 40.5 Å². The van der Waals surface area contributed by atoms with Crippen molar-refractivity contribution in [3.63, 3.8) is 0 Å². The molecule has 1 aromatic heterocycles. The highest BCUT2D eigenvalue weighted by Gasteiger charge is 2.21. The van der Waals surface area contributed by atoms with Crippen molar-refractivity contribution in [3.05, 3.63) is 100 Å². The van der Waals surface area contributed by atoms with E-state index in [1.807, 2.05) is 24.3 Å². The molecule has 0 spiro atoms. The number of benzene rings is 3. The molecule has 4 aromatic rings. The van der Waals surface area contributed by atoms with Gasteiger partial charge in [-0.05, 0) is 66.4 Å². The van der Waals surface area contributed by atoms with Crippen LogP contribution in [0.4, 0.5) is 21.9 Å². The lowest BCUT2D eigenvalue weighted by Crippen LogP contribution is -2.30. The highest BCUT2D eigenvalue weighted by atomic mass is 35.5. The Bertz CT molecular complexity index is 1820. The third-order valence-corrected chi connectivity index (χ3v) is 7.43. The average molecular weight is 642 g/mol. The second kappa shape index (κ2) is 14.4. The van der Waals surface area contributed by atoms with Crippen LogP contribution in [0, 0.1) is 0 Å². The normalized spacial score (nSPS) is 14.7. The molecule has 3 aromatic carbocycles. The van der Waals surface area contributed by atoms with Gasteiger partial charge in [-0.15, -0.1) is 0 Å². The number of aromatic amines is 1. The highest BCUT2D eigenvalue weighted by Crippen LogP contribution is 2.32. The van der Waals surface area contributed by atoms with Crippen molar-refractivity contribution < 1.29 is 19.1 Å². The maximum atomic E-state index is 13.3. The van der Waals surface area contributed by atoms with Crippen LogP contribution in [0.25, 0.3) is 17.3 Å². The number of hydrogen-bond donors (Lipinski definition) is 6. The fourth-order valence-corrected chi connectivity index (χ4v) is 5.20. The van der Waals surface area contributed by atoms with E-state index in [0.717, 1.165) is 11.1 Å². The number of anilines is 3. The lowest BCUT2D eigenvalue weighted by molar-refractivity contribution is -0.117. The number of H-pyrrole nitrogens is 1. The second-order valence-corrected chi connectivity index (χ2v) is 10.8. The molecule has 2 heterocycles. The summed E-state index contributed by atoms with van der Waals surface area (Å²) in [5.41, 5.74) is 5.07. The summed E-state index contributed by atoms with van der Waals surface area (Å²) in [6.07, 6.45) is 6.44. The number of nitrogens with zero attached hydrogens (tertiary/aromatic N) is 3. The Morgan fingerprint density at radius 1 is 1.13 bits per heavy atom. The first-order valence-electron chi connectivity index (χ1n) is 14.2. The van der Waals surface area contributed by atoms with Gasteiger partial charge in [-0.1, -0.05) is 35.9 Å². The van der Waals surface area contributed by atoms with Crippen molar-refractivity contribution in [1.29, 1.82) is 0 Å². The molecule has 8 N–H and O–H groups in total. The van der Waals surface area contributed by atoms with Gasteiger partial charge in [0.05, 0.1) is 30.2 Å². The maximum Gasteiger partial charge on any atom is 0.411 e. The molecule has 236 valence electrons. The van der Waals surface area contributed by atoms with E-state index in [1.165, 1.54) is 24.5 Å². The molecule has 13 nitrogen and oxygen atoms in total. The predicted octanol–water partition coefficient (Wildman–Crippen LogP) is 4.49. The summed E-state index contributed by atoms with van der Waals surface area (Å²) in [5.74, 6) is 11.2. The van der Waals surface area contributed by atoms with E-state index in [4.69, 9.17) is 33.0 Å². The van der Waals surface area contributed by atoms with Crippen molar-refractivity contribution >= 4 is 59.0 Å². The molecule has 1 aliphatic heterocycles. The number of methoxy groups -OCH3 is 1. The van der Waals surface area contributed by atoms with Crippen LogP contribution in [0.5, 0.6) is 0 Å². The lowest BCUT2D eigenvalue weighted by atomic mass is 10.00. The molecule has 1 aliphatic rings. The van der Waals surface area contributed by atoms with Crippen LogP contribution in [-0.2, 0) is 27.2 Å². The SMILES string of the molecule is COC(=O)Nc1ccc2c(c1)NC(=O)CCc1cccc(c1)C[C@H](NC(=O)/C=C/c1cc(Cl)ccc1N(N)/C=N\N)c1nc-2c[nH]1. The number of carbonyl (C=O) groups excluding carboxylic acids is 3. The molecule has 3 amide bonds. The van der Waals surface area contributed by atoms with Crippen molar-refractivity contribution in [2.75, 3.05) is 22.8 Å². The third-order valence-electron chi connectivity index (χ3n) is 7.19. The second-order valence-electron chi connectivity index (χ2n) is 10.4. The van der Waals surface area contributed by atoms with Crippen LogP contribution in [0.3, 0.4) is 0 Å². The monoisotopic (exact) mass is 641 g/mol. The van der Waals surface area contributed by atoms with Crippen molar-refractivity contribution in [2.45, 2.75) is 25.3 Å². The fraction of sp³-hybridized carbons (Fsp3) is 0.156. The van der Waals surface area contributed by atoms with Crippen molar-refractivity contribution in [2.24, 2.45) is 16.8 Å². The smallest absolute Gasteiger partial charge is 0.411 e. The van der Waals surface area contributed by atoms with Gasteiger partial charge in [-0.25, -0.2) is 15.6 Å². The van der Waals surface area contributed by atoms with E-state index < -0.39 is 12.1 Å². The first-order valence-corrected chi connectivity index (χ1v) is 14.6. The number of halogens is 1. The molecule has 0 radical (unpaired) electrons. The Labute approximate surface area is 269 Å². The number of rotatable bonds is 6. The standard InChI is InChI=1S/C32H32ClN9O4/c1-46-32(45)38-23-8-9-24-25(16-23)39-29(43)11-5-19-3-2-4-20(13-19)14-26(31-36-17-27(24)41-31)40-30(44)12-6-21-15-22(33)7-10-28(21)42(35)18-37-34/h2-4,6-10,12-13,15-18,26H,5,11,14,34-35H2,1H3,(H,36,41)(H,38,45)(H,39,43)(H,40,44)/b12-6+,37-18-/t26-/m0/s1. The Morgan fingerprint density at radius 3 is 2.76 bits per heavy atom. The molecule has 4 bridgehead atoms. The molecule has 5 rings (SSSR count). The van der Waals surface area contributed by atoms with Gasteiger partial charge >= 0.3 is 6.09 Å². The summed E-state index contributed by atoms with van der Waals surface area (Å²) < 4.78 is 4.70. The molecule has 0 saturated carbocycles. The number of fused-ring (bicyclic) bond motifs is 6. The van der Waals surface area contributed by atoms with E-state index in [0.29, 0.717) is 57.6 Å². The minimum atomic E-state index is -0.641. The number of nitrogens with one attached hydrogen (secondary N) is 4. The van der Waals surface area contributed by atoms with E-state index in [9.17, 15) is 14.4 Å². The van der Waals surface area contributed by atoms with Crippen LogP contribution in [0.15, 0.2) is 78.0 Å². The topological polar surface area (TPSA) is 193 Å². The number of ether oxygens (including phenoxy) is 1. The predicted molar refractivity (Wildman–Crippen MR) is 178 cm³/mol. The summed E-state index contributed by atoms with van der Waals surface area (Å²) in [5, 5.41) is 13.7. The zero-order valence-corrected chi connectivity index (χ0v) is 25.5. The summed E-state index contributed by atoms with van der Waals surface area (Å²) in [4.78, 5) is 46.1. The van der Waals surface area contributed by atoms with Crippen LogP contribution in [0.2, 0.25) is 5.02 Å².